The number of aromatic hydroxyl groups is 1. The first kappa shape index (κ1) is 21.7. The van der Waals surface area contributed by atoms with Crippen molar-refractivity contribution in [1.82, 2.24) is 4.98 Å². The van der Waals surface area contributed by atoms with Gasteiger partial charge in [0, 0.05) is 35.6 Å². The number of carbonyl (C=O) groups is 1. The number of phenolic OH excluding ortho intramolecular Hbond substituents is 1. The van der Waals surface area contributed by atoms with Gasteiger partial charge >= 0.3 is 5.97 Å². The fraction of sp³-hybridized carbons (Fsp3) is 0.538. The summed E-state index contributed by atoms with van der Waals surface area (Å²) in [6.45, 7) is 9.78. The van der Waals surface area contributed by atoms with Crippen molar-refractivity contribution in [2.24, 2.45) is 5.41 Å². The van der Waals surface area contributed by atoms with Gasteiger partial charge in [0.1, 0.15) is 5.75 Å². The zero-order valence-electron chi connectivity index (χ0n) is 19.2. The molecule has 4 rings (SSSR count). The number of piperidine rings is 1. The van der Waals surface area contributed by atoms with E-state index in [0.29, 0.717) is 5.41 Å². The van der Waals surface area contributed by atoms with Crippen molar-refractivity contribution >= 4 is 11.7 Å². The van der Waals surface area contributed by atoms with Gasteiger partial charge in [0.25, 0.3) is 0 Å². The second kappa shape index (κ2) is 8.52. The van der Waals surface area contributed by atoms with Gasteiger partial charge in [0.2, 0.25) is 0 Å². The molecule has 0 bridgehead atoms. The highest BCUT2D eigenvalue weighted by atomic mass is 16.5. The van der Waals surface area contributed by atoms with Gasteiger partial charge < -0.3 is 14.7 Å². The number of ether oxygens (including phenoxy) is 1. The summed E-state index contributed by atoms with van der Waals surface area (Å²) in [6.07, 6.45) is 6.56. The maximum Gasteiger partial charge on any atom is 0.310 e. The molecule has 0 unspecified atom stereocenters. The monoisotopic (exact) mass is 422 g/mol. The number of aromatic nitrogens is 1. The van der Waals surface area contributed by atoms with Crippen molar-refractivity contribution in [2.75, 3.05) is 18.0 Å². The molecule has 2 fully saturated rings. The van der Waals surface area contributed by atoms with Gasteiger partial charge in [-0.3, -0.25) is 9.78 Å². The molecule has 0 radical (unpaired) electrons. The lowest BCUT2D eigenvalue weighted by Crippen LogP contribution is -2.44. The van der Waals surface area contributed by atoms with E-state index in [4.69, 9.17) is 9.72 Å². The lowest BCUT2D eigenvalue weighted by Gasteiger charge is -2.49. The van der Waals surface area contributed by atoms with Crippen LogP contribution in [0, 0.1) is 19.3 Å². The number of hydrogen-bond acceptors (Lipinski definition) is 5. The zero-order chi connectivity index (χ0) is 22.2. The molecule has 1 aliphatic heterocycles. The van der Waals surface area contributed by atoms with Crippen LogP contribution in [0.25, 0.3) is 11.1 Å². The van der Waals surface area contributed by atoms with E-state index >= 15 is 0 Å². The number of hydrogen-bond donors (Lipinski definition) is 1. The zero-order valence-corrected chi connectivity index (χ0v) is 19.2. The van der Waals surface area contributed by atoms with E-state index in [-0.39, 0.29) is 24.2 Å². The molecule has 1 aliphatic carbocycles. The molecule has 1 saturated heterocycles. The molecule has 1 aromatic heterocycles. The molecule has 0 atom stereocenters. The number of phenols is 1. The normalized spacial score (nSPS) is 17.6. The molecule has 2 aliphatic rings. The van der Waals surface area contributed by atoms with Crippen molar-refractivity contribution in [3.8, 4) is 16.9 Å². The minimum Gasteiger partial charge on any atom is -0.508 e. The molecule has 2 aromatic rings. The second-order valence-corrected chi connectivity index (χ2v) is 9.59. The number of nitrogens with zero attached hydrogens (tertiary/aromatic N) is 2. The average molecular weight is 423 g/mol. The van der Waals surface area contributed by atoms with Crippen molar-refractivity contribution < 1.29 is 14.6 Å². The predicted molar refractivity (Wildman–Crippen MR) is 123 cm³/mol. The SMILES string of the molecule is Cc1nc(C)c(-c2ccc(O)cc2)c(N2CCC3(CCC3)CC2)c1CC(=O)OC(C)C. The smallest absolute Gasteiger partial charge is 0.310 e. The van der Waals surface area contributed by atoms with Crippen LogP contribution in [-0.4, -0.2) is 35.3 Å². The molecular formula is C26H34N2O3. The van der Waals surface area contributed by atoms with Gasteiger partial charge in [0.15, 0.2) is 0 Å². The number of esters is 1. The van der Waals surface area contributed by atoms with Crippen LogP contribution in [0.2, 0.25) is 0 Å². The first-order valence-electron chi connectivity index (χ1n) is 11.5. The van der Waals surface area contributed by atoms with Crippen LogP contribution in [-0.2, 0) is 16.0 Å². The first-order valence-corrected chi connectivity index (χ1v) is 11.5. The van der Waals surface area contributed by atoms with Crippen molar-refractivity contribution in [2.45, 2.75) is 72.3 Å². The van der Waals surface area contributed by atoms with Gasteiger partial charge in [-0.2, -0.15) is 0 Å². The molecule has 0 amide bonds. The van der Waals surface area contributed by atoms with Crippen LogP contribution in [0.15, 0.2) is 24.3 Å². The molecule has 1 N–H and O–H groups in total. The largest absolute Gasteiger partial charge is 0.508 e. The van der Waals surface area contributed by atoms with Gasteiger partial charge in [-0.1, -0.05) is 18.6 Å². The molecule has 1 aromatic carbocycles. The molecule has 31 heavy (non-hydrogen) atoms. The van der Waals surface area contributed by atoms with Gasteiger partial charge in [-0.15, -0.1) is 0 Å². The number of pyridine rings is 1. The lowest BCUT2D eigenvalue weighted by molar-refractivity contribution is -0.146. The molecule has 5 heteroatoms. The Balaban J connectivity index is 1.78. The van der Waals surface area contributed by atoms with Crippen LogP contribution in [0.5, 0.6) is 5.75 Å². The highest BCUT2D eigenvalue weighted by Gasteiger charge is 2.40. The summed E-state index contributed by atoms with van der Waals surface area (Å²) >= 11 is 0. The Bertz CT molecular complexity index is 952. The molecule has 166 valence electrons. The summed E-state index contributed by atoms with van der Waals surface area (Å²) in [5.74, 6) is 0.0304. The van der Waals surface area contributed by atoms with Crippen LogP contribution < -0.4 is 4.90 Å². The third-order valence-corrected chi connectivity index (χ3v) is 7.06. The molecule has 1 saturated carbocycles. The number of aryl methyl sites for hydroxylation is 2. The lowest BCUT2D eigenvalue weighted by atomic mass is 9.63. The Kier molecular flexibility index (Phi) is 5.96. The predicted octanol–water partition coefficient (Wildman–Crippen LogP) is 5.34. The van der Waals surface area contributed by atoms with Crippen LogP contribution >= 0.6 is 0 Å². The molecule has 2 heterocycles. The number of anilines is 1. The fourth-order valence-electron chi connectivity index (χ4n) is 5.23. The van der Waals surface area contributed by atoms with E-state index in [1.54, 1.807) is 12.1 Å². The number of benzene rings is 1. The van der Waals surface area contributed by atoms with E-state index < -0.39 is 0 Å². The van der Waals surface area contributed by atoms with Crippen molar-refractivity contribution in [3.05, 3.63) is 41.2 Å². The van der Waals surface area contributed by atoms with E-state index in [2.05, 4.69) is 4.90 Å². The molecular weight excluding hydrogens is 388 g/mol. The second-order valence-electron chi connectivity index (χ2n) is 9.59. The highest BCUT2D eigenvalue weighted by Crippen LogP contribution is 2.50. The summed E-state index contributed by atoms with van der Waals surface area (Å²) in [5, 5.41) is 9.80. The van der Waals surface area contributed by atoms with E-state index in [0.717, 1.165) is 46.9 Å². The Morgan fingerprint density at radius 3 is 2.29 bits per heavy atom. The van der Waals surface area contributed by atoms with E-state index in [1.165, 1.54) is 32.1 Å². The molecule has 5 nitrogen and oxygen atoms in total. The Labute approximate surface area is 185 Å². The number of rotatable bonds is 5. The third kappa shape index (κ3) is 4.41. The Morgan fingerprint density at radius 2 is 1.74 bits per heavy atom. The van der Waals surface area contributed by atoms with Crippen molar-refractivity contribution in [3.63, 3.8) is 0 Å². The quantitative estimate of drug-likeness (QED) is 0.660. The van der Waals surface area contributed by atoms with Crippen LogP contribution in [0.4, 0.5) is 5.69 Å². The van der Waals surface area contributed by atoms with Crippen LogP contribution in [0.3, 0.4) is 0 Å². The van der Waals surface area contributed by atoms with E-state index in [9.17, 15) is 9.90 Å². The van der Waals surface area contributed by atoms with Gasteiger partial charge in [-0.05, 0) is 76.5 Å². The minimum atomic E-state index is -0.214. The summed E-state index contributed by atoms with van der Waals surface area (Å²) < 4.78 is 5.48. The standard InChI is InChI=1S/C26H34N2O3/c1-17(2)31-23(30)16-22-18(3)27-19(4)24(20-6-8-21(29)9-7-20)25(22)28-14-12-26(13-15-28)10-5-11-26/h6-9,17,29H,5,10-16H2,1-4H3. The minimum absolute atomic E-state index is 0.139. The summed E-state index contributed by atoms with van der Waals surface area (Å²) in [6, 6.07) is 7.30. The molecule has 1 spiro atoms. The van der Waals surface area contributed by atoms with Gasteiger partial charge in [0.05, 0.1) is 18.2 Å². The third-order valence-electron chi connectivity index (χ3n) is 7.06. The summed E-state index contributed by atoms with van der Waals surface area (Å²) in [4.78, 5) is 19.9. The van der Waals surface area contributed by atoms with Gasteiger partial charge in [-0.25, -0.2) is 0 Å². The maximum atomic E-state index is 12.6. The maximum absolute atomic E-state index is 12.6. The first-order chi connectivity index (χ1) is 14.8. The Morgan fingerprint density at radius 1 is 1.10 bits per heavy atom. The van der Waals surface area contributed by atoms with E-state index in [1.807, 2.05) is 39.8 Å². The Hall–Kier alpha value is -2.56. The average Bonchev–Trinajstić information content (AvgIpc) is 2.69. The van der Waals surface area contributed by atoms with Crippen LogP contribution in [0.1, 0.15) is 62.9 Å². The van der Waals surface area contributed by atoms with Crippen molar-refractivity contribution in [1.29, 1.82) is 0 Å². The summed E-state index contributed by atoms with van der Waals surface area (Å²) in [5.41, 5.74) is 6.53. The highest BCUT2D eigenvalue weighted by molar-refractivity contribution is 5.87. The topological polar surface area (TPSA) is 62.7 Å². The number of carbonyl (C=O) groups excluding carboxylic acids is 1. The fourth-order valence-corrected chi connectivity index (χ4v) is 5.23. The summed E-state index contributed by atoms with van der Waals surface area (Å²) in [7, 11) is 0.